The van der Waals surface area contributed by atoms with E-state index in [-0.39, 0.29) is 24.1 Å². The summed E-state index contributed by atoms with van der Waals surface area (Å²) in [6.07, 6.45) is 7.44. The zero-order chi connectivity index (χ0) is 11.5. The second kappa shape index (κ2) is 4.80. The van der Waals surface area contributed by atoms with Crippen LogP contribution in [0.15, 0.2) is 34.8 Å². The molecule has 0 radical (unpaired) electrons. The van der Waals surface area contributed by atoms with Gasteiger partial charge in [0.15, 0.2) is 11.6 Å². The quantitative estimate of drug-likeness (QED) is 0.801. The van der Waals surface area contributed by atoms with Crippen molar-refractivity contribution >= 4 is 23.3 Å². The van der Waals surface area contributed by atoms with Gasteiger partial charge in [0.05, 0.1) is 17.4 Å². The predicted molar refractivity (Wildman–Crippen MR) is 63.0 cm³/mol. The summed E-state index contributed by atoms with van der Waals surface area (Å²) in [5, 5.41) is 8.71. The molecule has 1 N–H and O–H groups in total. The van der Waals surface area contributed by atoms with Gasteiger partial charge in [0.25, 0.3) is 0 Å². The van der Waals surface area contributed by atoms with Crippen molar-refractivity contribution in [2.24, 2.45) is 5.92 Å². The van der Waals surface area contributed by atoms with Crippen LogP contribution >= 0.6 is 11.8 Å². The second-order valence-corrected chi connectivity index (χ2v) is 4.78. The average molecular weight is 236 g/mol. The lowest BCUT2D eigenvalue weighted by atomic mass is 9.82. The Morgan fingerprint density at radius 2 is 2.25 bits per heavy atom. The molecule has 3 nitrogen and oxygen atoms in total. The number of hydrogen-bond donors (Lipinski definition) is 1. The summed E-state index contributed by atoms with van der Waals surface area (Å²) in [6.45, 7) is 0.0107. The summed E-state index contributed by atoms with van der Waals surface area (Å²) in [7, 11) is 0. The van der Waals surface area contributed by atoms with Crippen LogP contribution in [0.3, 0.4) is 0 Å². The molecule has 84 valence electrons. The van der Waals surface area contributed by atoms with Gasteiger partial charge in [0.1, 0.15) is 0 Å². The molecule has 2 rings (SSSR count). The summed E-state index contributed by atoms with van der Waals surface area (Å²) in [6, 6.07) is 0. The summed E-state index contributed by atoms with van der Waals surface area (Å²) >= 11 is 1.25. The maximum absolute atomic E-state index is 12.0. The molecule has 0 aliphatic heterocycles. The molecule has 4 heteroatoms. The molecule has 2 aliphatic rings. The SMILES string of the molecule is O=C1C=C(SCCO)C(=O)C2CC=CC=C12. The molecule has 2 aliphatic carbocycles. The highest BCUT2D eigenvalue weighted by atomic mass is 32.2. The van der Waals surface area contributed by atoms with Crippen molar-refractivity contribution in [1.82, 2.24) is 0 Å². The monoisotopic (exact) mass is 236 g/mol. The zero-order valence-corrected chi connectivity index (χ0v) is 9.50. The number of Topliss-reactive ketones (excluding diaryl/α,β-unsaturated/α-hetero) is 1. The van der Waals surface area contributed by atoms with Crippen LogP contribution in [-0.4, -0.2) is 29.0 Å². The Labute approximate surface area is 97.9 Å². The first kappa shape index (κ1) is 11.4. The van der Waals surface area contributed by atoms with Crippen molar-refractivity contribution < 1.29 is 14.7 Å². The highest BCUT2D eigenvalue weighted by Gasteiger charge is 2.33. The lowest BCUT2D eigenvalue weighted by Gasteiger charge is -2.23. The van der Waals surface area contributed by atoms with E-state index in [9.17, 15) is 9.59 Å². The maximum atomic E-state index is 12.0. The number of hydrogen-bond acceptors (Lipinski definition) is 4. The first-order chi connectivity index (χ1) is 7.74. The molecule has 0 amide bonds. The first-order valence-electron chi connectivity index (χ1n) is 5.14. The molecular weight excluding hydrogens is 224 g/mol. The number of carbonyl (C=O) groups excluding carboxylic acids is 2. The first-order valence-corrected chi connectivity index (χ1v) is 6.13. The molecule has 0 aromatic carbocycles. The van der Waals surface area contributed by atoms with Crippen LogP contribution in [0.25, 0.3) is 0 Å². The number of carbonyl (C=O) groups is 2. The molecule has 0 aromatic heterocycles. The van der Waals surface area contributed by atoms with Gasteiger partial charge >= 0.3 is 0 Å². The highest BCUT2D eigenvalue weighted by Crippen LogP contribution is 2.33. The molecule has 16 heavy (non-hydrogen) atoms. The normalized spacial score (nSPS) is 23.9. The van der Waals surface area contributed by atoms with Gasteiger partial charge in [-0.15, -0.1) is 11.8 Å². The topological polar surface area (TPSA) is 54.4 Å². The van der Waals surface area contributed by atoms with E-state index in [0.29, 0.717) is 22.7 Å². The third kappa shape index (κ3) is 2.03. The van der Waals surface area contributed by atoms with E-state index in [2.05, 4.69) is 0 Å². The van der Waals surface area contributed by atoms with E-state index in [4.69, 9.17) is 5.11 Å². The smallest absolute Gasteiger partial charge is 0.183 e. The van der Waals surface area contributed by atoms with E-state index in [1.165, 1.54) is 17.8 Å². The van der Waals surface area contributed by atoms with Crippen molar-refractivity contribution in [3.8, 4) is 0 Å². The van der Waals surface area contributed by atoms with Crippen LogP contribution in [0.5, 0.6) is 0 Å². The van der Waals surface area contributed by atoms with Crippen molar-refractivity contribution in [3.05, 3.63) is 34.8 Å². The Morgan fingerprint density at radius 3 is 3.00 bits per heavy atom. The van der Waals surface area contributed by atoms with Crippen LogP contribution in [-0.2, 0) is 9.59 Å². The largest absolute Gasteiger partial charge is 0.396 e. The van der Waals surface area contributed by atoms with Crippen LogP contribution in [0.4, 0.5) is 0 Å². The maximum Gasteiger partial charge on any atom is 0.183 e. The Morgan fingerprint density at radius 1 is 1.44 bits per heavy atom. The fourth-order valence-electron chi connectivity index (χ4n) is 1.85. The van der Waals surface area contributed by atoms with E-state index < -0.39 is 0 Å². The second-order valence-electron chi connectivity index (χ2n) is 3.65. The summed E-state index contributed by atoms with van der Waals surface area (Å²) in [4.78, 5) is 24.2. The van der Waals surface area contributed by atoms with Crippen LogP contribution in [0, 0.1) is 5.92 Å². The van der Waals surface area contributed by atoms with Crippen molar-refractivity contribution in [3.63, 3.8) is 0 Å². The Bertz CT molecular complexity index is 418. The van der Waals surface area contributed by atoms with Gasteiger partial charge in [-0.2, -0.15) is 0 Å². The lowest BCUT2D eigenvalue weighted by molar-refractivity contribution is -0.121. The summed E-state index contributed by atoms with van der Waals surface area (Å²) < 4.78 is 0. The van der Waals surface area contributed by atoms with Gasteiger partial charge in [-0.1, -0.05) is 18.2 Å². The number of rotatable bonds is 3. The molecule has 0 saturated carbocycles. The third-order valence-electron chi connectivity index (χ3n) is 2.61. The van der Waals surface area contributed by atoms with E-state index in [1.54, 1.807) is 6.08 Å². The van der Waals surface area contributed by atoms with Crippen molar-refractivity contribution in [1.29, 1.82) is 0 Å². The minimum absolute atomic E-state index is 0.00801. The number of allylic oxidation sites excluding steroid dienone is 6. The summed E-state index contributed by atoms with van der Waals surface area (Å²) in [5.41, 5.74) is 0.598. The highest BCUT2D eigenvalue weighted by molar-refractivity contribution is 8.04. The van der Waals surface area contributed by atoms with Crippen LogP contribution in [0.2, 0.25) is 0 Å². The fraction of sp³-hybridized carbons (Fsp3) is 0.333. The number of fused-ring (bicyclic) bond motifs is 1. The van der Waals surface area contributed by atoms with Gasteiger partial charge < -0.3 is 5.11 Å². The average Bonchev–Trinajstić information content (AvgIpc) is 2.32. The molecule has 1 atom stereocenters. The van der Waals surface area contributed by atoms with Gasteiger partial charge in [-0.25, -0.2) is 0 Å². The van der Waals surface area contributed by atoms with E-state index in [0.717, 1.165) is 0 Å². The predicted octanol–water partition coefficient (Wildman–Crippen LogP) is 1.25. The molecule has 0 aromatic rings. The third-order valence-corrected chi connectivity index (χ3v) is 3.63. The minimum Gasteiger partial charge on any atom is -0.396 e. The fourth-order valence-corrected chi connectivity index (χ4v) is 2.63. The van der Waals surface area contributed by atoms with Crippen molar-refractivity contribution in [2.45, 2.75) is 6.42 Å². The Balaban J connectivity index is 2.25. The molecule has 1 unspecified atom stereocenters. The molecular formula is C12H12O3S. The number of ketones is 2. The van der Waals surface area contributed by atoms with Gasteiger partial charge in [0.2, 0.25) is 0 Å². The van der Waals surface area contributed by atoms with E-state index >= 15 is 0 Å². The number of aliphatic hydroxyl groups excluding tert-OH is 1. The Kier molecular flexibility index (Phi) is 3.41. The van der Waals surface area contributed by atoms with E-state index in [1.807, 2.05) is 12.2 Å². The van der Waals surface area contributed by atoms with Gasteiger partial charge in [0, 0.05) is 17.4 Å². The summed E-state index contributed by atoms with van der Waals surface area (Å²) in [5.74, 6) is 0.0821. The van der Waals surface area contributed by atoms with Crippen LogP contribution < -0.4 is 0 Å². The number of thioether (sulfide) groups is 1. The van der Waals surface area contributed by atoms with Gasteiger partial charge in [-0.3, -0.25) is 9.59 Å². The van der Waals surface area contributed by atoms with Crippen LogP contribution in [0.1, 0.15) is 6.42 Å². The minimum atomic E-state index is -0.302. The van der Waals surface area contributed by atoms with Gasteiger partial charge in [-0.05, 0) is 6.42 Å². The van der Waals surface area contributed by atoms with Crippen molar-refractivity contribution in [2.75, 3.05) is 12.4 Å². The lowest BCUT2D eigenvalue weighted by Crippen LogP contribution is -2.27. The standard InChI is InChI=1S/C12H12O3S/c13-5-6-16-11-7-10(14)8-3-1-2-4-9(8)12(11)15/h1-3,7,9,13H,4-6H2. The Hall–Kier alpha value is -1.13. The molecule has 0 spiro atoms. The zero-order valence-electron chi connectivity index (χ0n) is 8.68. The molecule has 0 fully saturated rings. The molecule has 0 heterocycles. The molecule has 0 bridgehead atoms. The molecule has 0 saturated heterocycles. The number of aliphatic hydroxyl groups is 1.